The van der Waals surface area contributed by atoms with Crippen molar-refractivity contribution in [1.29, 1.82) is 0 Å². The summed E-state index contributed by atoms with van der Waals surface area (Å²) in [4.78, 5) is 10.8. The summed E-state index contributed by atoms with van der Waals surface area (Å²) in [6.07, 6.45) is 0. The maximum atomic E-state index is 13.4. The molecule has 0 atom stereocenters. The zero-order valence-corrected chi connectivity index (χ0v) is 10.7. The number of ether oxygens (including phenoxy) is 1. The molecule has 0 aliphatic heterocycles. The third-order valence-electron chi connectivity index (χ3n) is 2.87. The zero-order valence-electron chi connectivity index (χ0n) is 10.7. The summed E-state index contributed by atoms with van der Waals surface area (Å²) < 4.78 is 31.6. The normalized spacial score (nSPS) is 10.3. The van der Waals surface area contributed by atoms with Crippen LogP contribution < -0.4 is 4.74 Å². The molecule has 0 amide bonds. The first-order valence-corrected chi connectivity index (χ1v) is 5.88. The van der Waals surface area contributed by atoms with Crippen LogP contribution in [0.4, 0.5) is 8.78 Å². The molecule has 0 fully saturated rings. The van der Waals surface area contributed by atoms with Crippen LogP contribution in [0, 0.1) is 18.6 Å². The van der Waals surface area contributed by atoms with Crippen molar-refractivity contribution < 1.29 is 23.4 Å². The van der Waals surface area contributed by atoms with Crippen LogP contribution in [0.5, 0.6) is 5.75 Å². The molecule has 0 unspecified atom stereocenters. The summed E-state index contributed by atoms with van der Waals surface area (Å²) >= 11 is 0. The lowest BCUT2D eigenvalue weighted by atomic mass is 10.1. The van der Waals surface area contributed by atoms with Gasteiger partial charge in [-0.05, 0) is 42.3 Å². The molecule has 0 saturated carbocycles. The van der Waals surface area contributed by atoms with E-state index in [4.69, 9.17) is 9.84 Å². The molecule has 1 N–H and O–H groups in total. The highest BCUT2D eigenvalue weighted by molar-refractivity contribution is 5.87. The molecular weight excluding hydrogens is 266 g/mol. The van der Waals surface area contributed by atoms with Crippen LogP contribution in [0.2, 0.25) is 0 Å². The van der Waals surface area contributed by atoms with Gasteiger partial charge in [-0.15, -0.1) is 0 Å². The molecule has 20 heavy (non-hydrogen) atoms. The van der Waals surface area contributed by atoms with Gasteiger partial charge in [0.1, 0.15) is 12.4 Å². The largest absolute Gasteiger partial charge is 0.486 e. The first-order valence-electron chi connectivity index (χ1n) is 5.88. The van der Waals surface area contributed by atoms with Crippen LogP contribution in [-0.4, -0.2) is 11.1 Å². The minimum absolute atomic E-state index is 0.0338. The number of carboxylic acid groups (broad SMARTS) is 1. The summed E-state index contributed by atoms with van der Waals surface area (Å²) in [5, 5.41) is 8.85. The summed E-state index contributed by atoms with van der Waals surface area (Å²) in [6.45, 7) is 1.76. The standard InChI is InChI=1S/C15H12F2O3/c1-9-6-10(15(18)19)2-3-11(9)8-20-14-7-12(16)4-5-13(14)17/h2-7H,8H2,1H3,(H,18,19). The molecule has 0 bridgehead atoms. The van der Waals surface area contributed by atoms with Gasteiger partial charge >= 0.3 is 5.97 Å². The first kappa shape index (κ1) is 14.0. The maximum absolute atomic E-state index is 13.4. The van der Waals surface area contributed by atoms with E-state index in [2.05, 4.69) is 0 Å². The van der Waals surface area contributed by atoms with Crippen molar-refractivity contribution in [1.82, 2.24) is 0 Å². The van der Waals surface area contributed by atoms with Crippen LogP contribution in [-0.2, 0) is 6.61 Å². The van der Waals surface area contributed by atoms with Crippen LogP contribution >= 0.6 is 0 Å². The number of carbonyl (C=O) groups is 1. The second kappa shape index (κ2) is 5.69. The fraction of sp³-hybridized carbons (Fsp3) is 0.133. The van der Waals surface area contributed by atoms with E-state index in [1.54, 1.807) is 13.0 Å². The smallest absolute Gasteiger partial charge is 0.335 e. The van der Waals surface area contributed by atoms with Crippen LogP contribution in [0.3, 0.4) is 0 Å². The Kier molecular flexibility index (Phi) is 3.98. The average Bonchev–Trinajstić information content (AvgIpc) is 2.40. The van der Waals surface area contributed by atoms with Crippen molar-refractivity contribution in [3.05, 3.63) is 64.7 Å². The van der Waals surface area contributed by atoms with Gasteiger partial charge in [-0.3, -0.25) is 0 Å². The lowest BCUT2D eigenvalue weighted by Crippen LogP contribution is -2.02. The Hall–Kier alpha value is -2.43. The highest BCUT2D eigenvalue weighted by Crippen LogP contribution is 2.20. The van der Waals surface area contributed by atoms with E-state index in [1.807, 2.05) is 0 Å². The molecule has 5 heteroatoms. The molecule has 0 radical (unpaired) electrons. The number of aromatic carboxylic acids is 1. The number of benzene rings is 2. The Balaban J connectivity index is 2.15. The maximum Gasteiger partial charge on any atom is 0.335 e. The minimum Gasteiger partial charge on any atom is -0.486 e. The second-order valence-electron chi connectivity index (χ2n) is 4.31. The van der Waals surface area contributed by atoms with Gasteiger partial charge in [0, 0.05) is 6.07 Å². The third kappa shape index (κ3) is 3.12. The van der Waals surface area contributed by atoms with Crippen LogP contribution in [0.15, 0.2) is 36.4 Å². The molecule has 0 aliphatic rings. The van der Waals surface area contributed by atoms with Gasteiger partial charge in [-0.25, -0.2) is 13.6 Å². The number of rotatable bonds is 4. The second-order valence-corrected chi connectivity index (χ2v) is 4.31. The molecule has 3 nitrogen and oxygen atoms in total. The Morgan fingerprint density at radius 3 is 2.60 bits per heavy atom. The first-order chi connectivity index (χ1) is 9.47. The van der Waals surface area contributed by atoms with Crippen LogP contribution in [0.1, 0.15) is 21.5 Å². The highest BCUT2D eigenvalue weighted by Gasteiger charge is 2.08. The van der Waals surface area contributed by atoms with Crippen molar-refractivity contribution in [3.8, 4) is 5.75 Å². The molecule has 2 aromatic rings. The Morgan fingerprint density at radius 2 is 1.95 bits per heavy atom. The monoisotopic (exact) mass is 278 g/mol. The molecule has 0 saturated heterocycles. The Bertz CT molecular complexity index is 654. The number of halogens is 2. The number of hydrogen-bond acceptors (Lipinski definition) is 2. The number of carboxylic acids is 1. The van der Waals surface area contributed by atoms with Gasteiger partial charge in [0.05, 0.1) is 5.56 Å². The molecule has 104 valence electrons. The molecule has 0 spiro atoms. The minimum atomic E-state index is -1.02. The van der Waals surface area contributed by atoms with Gasteiger partial charge in [0.2, 0.25) is 0 Å². The van der Waals surface area contributed by atoms with Crippen molar-refractivity contribution in [2.45, 2.75) is 13.5 Å². The fourth-order valence-corrected chi connectivity index (χ4v) is 1.73. The van der Waals surface area contributed by atoms with Crippen molar-refractivity contribution in [3.63, 3.8) is 0 Å². The van der Waals surface area contributed by atoms with E-state index < -0.39 is 17.6 Å². The van der Waals surface area contributed by atoms with Gasteiger partial charge in [-0.2, -0.15) is 0 Å². The number of hydrogen-bond donors (Lipinski definition) is 1. The van der Waals surface area contributed by atoms with Crippen molar-refractivity contribution >= 4 is 5.97 Å². The SMILES string of the molecule is Cc1cc(C(=O)O)ccc1COc1cc(F)ccc1F. The molecule has 0 aliphatic carbocycles. The molecular formula is C15H12F2O3. The quantitative estimate of drug-likeness (QED) is 0.930. The topological polar surface area (TPSA) is 46.5 Å². The predicted molar refractivity (Wildman–Crippen MR) is 68.8 cm³/mol. The van der Waals surface area contributed by atoms with E-state index >= 15 is 0 Å². The van der Waals surface area contributed by atoms with Gasteiger partial charge in [-0.1, -0.05) is 6.07 Å². The summed E-state index contributed by atoms with van der Waals surface area (Å²) in [5.74, 6) is -2.42. The van der Waals surface area contributed by atoms with E-state index in [-0.39, 0.29) is 17.9 Å². The molecule has 0 aromatic heterocycles. The lowest BCUT2D eigenvalue weighted by Gasteiger charge is -2.10. The third-order valence-corrected chi connectivity index (χ3v) is 2.87. The van der Waals surface area contributed by atoms with Gasteiger partial charge < -0.3 is 9.84 Å². The fourth-order valence-electron chi connectivity index (χ4n) is 1.73. The summed E-state index contributed by atoms with van der Waals surface area (Å²) in [6, 6.07) is 7.51. The van der Waals surface area contributed by atoms with Crippen molar-refractivity contribution in [2.24, 2.45) is 0 Å². The molecule has 2 rings (SSSR count). The lowest BCUT2D eigenvalue weighted by molar-refractivity contribution is 0.0696. The summed E-state index contributed by atoms with van der Waals surface area (Å²) in [5.41, 5.74) is 1.59. The average molecular weight is 278 g/mol. The van der Waals surface area contributed by atoms with E-state index in [0.717, 1.165) is 18.2 Å². The Labute approximate surface area is 114 Å². The Morgan fingerprint density at radius 1 is 1.20 bits per heavy atom. The van der Waals surface area contributed by atoms with E-state index in [1.165, 1.54) is 12.1 Å². The molecule has 0 heterocycles. The van der Waals surface area contributed by atoms with Crippen molar-refractivity contribution in [2.75, 3.05) is 0 Å². The van der Waals surface area contributed by atoms with E-state index in [9.17, 15) is 13.6 Å². The molecule has 2 aromatic carbocycles. The van der Waals surface area contributed by atoms with Gasteiger partial charge in [0.25, 0.3) is 0 Å². The highest BCUT2D eigenvalue weighted by atomic mass is 19.1. The van der Waals surface area contributed by atoms with E-state index in [0.29, 0.717) is 11.1 Å². The number of aryl methyl sites for hydroxylation is 1. The summed E-state index contributed by atoms with van der Waals surface area (Å²) in [7, 11) is 0. The van der Waals surface area contributed by atoms with Gasteiger partial charge in [0.15, 0.2) is 11.6 Å². The van der Waals surface area contributed by atoms with Crippen LogP contribution in [0.25, 0.3) is 0 Å². The zero-order chi connectivity index (χ0) is 14.7. The predicted octanol–water partition coefficient (Wildman–Crippen LogP) is 3.55.